The van der Waals surface area contributed by atoms with E-state index in [1.165, 1.54) is 24.3 Å². The Morgan fingerprint density at radius 3 is 0.869 bits per heavy atom. The van der Waals surface area contributed by atoms with Gasteiger partial charge in [-0.3, -0.25) is 0 Å². The Balaban J connectivity index is 0.000000185. The van der Waals surface area contributed by atoms with Gasteiger partial charge in [0.15, 0.2) is 0 Å². The minimum atomic E-state index is -0.935. The maximum absolute atomic E-state index is 10.2. The number of rotatable bonds is 4. The quantitative estimate of drug-likeness (QED) is 0.0731. The van der Waals surface area contributed by atoms with Crippen molar-refractivity contribution >= 4 is 70.2 Å². The first-order chi connectivity index (χ1) is 29.0. The van der Waals surface area contributed by atoms with E-state index >= 15 is 0 Å². The van der Waals surface area contributed by atoms with Gasteiger partial charge in [-0.1, -0.05) is 22.3 Å². The van der Waals surface area contributed by atoms with Gasteiger partial charge in [0.1, 0.15) is 0 Å². The molecule has 7 aromatic rings. The maximum atomic E-state index is 10.2. The molecule has 0 amide bonds. The fraction of sp³-hybridized carbons (Fsp3) is 0. The molecule has 4 aromatic carbocycles. The van der Waals surface area contributed by atoms with E-state index in [0.717, 1.165) is 44.8 Å². The second kappa shape index (κ2) is 23.3. The van der Waals surface area contributed by atoms with Gasteiger partial charge < -0.3 is 49.6 Å². The molecular formula is C48H34MnN4O8-4. The molecule has 5 heterocycles. The second-order valence-electron chi connectivity index (χ2n) is 12.2. The molecule has 0 spiro atoms. The van der Waals surface area contributed by atoms with E-state index in [-0.39, 0.29) is 39.3 Å². The maximum Gasteiger partial charge on any atom is 0.247 e. The molecule has 0 fully saturated rings. The largest absolute Gasteiger partial charge is 0.521 e. The van der Waals surface area contributed by atoms with Gasteiger partial charge >= 0.3 is 0 Å². The molecule has 12 nitrogen and oxygen atoms in total. The number of fused-ring (bicyclic) bond motifs is 8. The van der Waals surface area contributed by atoms with Gasteiger partial charge in [-0.05, 0) is 72.8 Å². The summed E-state index contributed by atoms with van der Waals surface area (Å²) in [5.41, 5.74) is 8.68. The monoisotopic (exact) mass is 849 g/mol. The molecule has 3 aromatic heterocycles. The zero-order valence-electron chi connectivity index (χ0n) is 31.9. The summed E-state index contributed by atoms with van der Waals surface area (Å²) >= 11 is 0. The molecule has 8 bridgehead atoms. The van der Waals surface area contributed by atoms with Gasteiger partial charge in [0.25, 0.3) is 0 Å². The van der Waals surface area contributed by atoms with Crippen molar-refractivity contribution in [3.05, 3.63) is 215 Å². The number of carboxylic acid groups (broad SMARTS) is 4. The summed E-state index contributed by atoms with van der Waals surface area (Å²) in [5, 5.41) is 33.4. The molecule has 0 saturated heterocycles. The SMILES string of the molecule is C1=Cc2cc3ccc(cc4ccc(cc5nc(cc1n2)C=C5)[nH]4)[nH]3.O=C(O)c1[c-]cccc1.O=C(O)c1[c-]cccc1.O=C(O)c1[c-]cccc1.O=C(O)c1[c-]cccc1.[Mn]. The van der Waals surface area contributed by atoms with Crippen LogP contribution in [0.5, 0.6) is 0 Å². The van der Waals surface area contributed by atoms with E-state index in [9.17, 15) is 19.2 Å². The number of hydrogen-bond acceptors (Lipinski definition) is 6. The Hall–Kier alpha value is -8.12. The van der Waals surface area contributed by atoms with Crippen LogP contribution in [0.3, 0.4) is 0 Å². The second-order valence-corrected chi connectivity index (χ2v) is 12.2. The molecule has 0 atom stereocenters. The topological polar surface area (TPSA) is 207 Å². The Labute approximate surface area is 360 Å². The minimum Gasteiger partial charge on any atom is -0.521 e. The van der Waals surface area contributed by atoms with Gasteiger partial charge in [-0.2, -0.15) is 0 Å². The Kier molecular flexibility index (Phi) is 17.4. The van der Waals surface area contributed by atoms with Gasteiger partial charge in [-0.25, -0.2) is 9.97 Å². The predicted octanol–water partition coefficient (Wildman–Crippen LogP) is 9.39. The van der Waals surface area contributed by atoms with Crippen molar-refractivity contribution < 1.29 is 56.7 Å². The average molecular weight is 850 g/mol. The third-order valence-corrected chi connectivity index (χ3v) is 7.80. The van der Waals surface area contributed by atoms with Crippen molar-refractivity contribution in [2.75, 3.05) is 0 Å². The number of nitrogens with zero attached hydrogens (tertiary/aromatic N) is 2. The van der Waals surface area contributed by atoms with Crippen molar-refractivity contribution in [2.24, 2.45) is 0 Å². The molecule has 305 valence electrons. The van der Waals surface area contributed by atoms with Crippen LogP contribution in [0.2, 0.25) is 0 Å². The fourth-order valence-corrected chi connectivity index (χ4v) is 5.05. The molecule has 61 heavy (non-hydrogen) atoms. The number of aromatic amines is 2. The first-order valence-electron chi connectivity index (χ1n) is 17.9. The molecule has 2 aliphatic heterocycles. The number of carboxylic acids is 4. The standard InChI is InChI=1S/C20H14N4.4C7H5O2.Mn/c1-2-14-10-16-5-6-18(23-16)12-20-8-7-19(24-20)11-17-4-3-15(22-17)9-13(1)21-14;4*8-7(9)6-4-2-1-3-5-6;/h1-12,21-22H;4*1-4H,(H,8,9);/q;4*-1;. The van der Waals surface area contributed by atoms with Crippen LogP contribution in [0.15, 0.2) is 146 Å². The summed E-state index contributed by atoms with van der Waals surface area (Å²) in [5.74, 6) is -3.74. The van der Waals surface area contributed by atoms with Gasteiger partial charge in [0.05, 0.1) is 22.8 Å². The van der Waals surface area contributed by atoms with E-state index in [4.69, 9.17) is 20.4 Å². The Morgan fingerprint density at radius 2 is 0.639 bits per heavy atom. The van der Waals surface area contributed by atoms with Crippen molar-refractivity contribution in [1.82, 2.24) is 19.9 Å². The van der Waals surface area contributed by atoms with Crippen LogP contribution in [0.25, 0.3) is 46.4 Å². The first-order valence-corrected chi connectivity index (χ1v) is 17.9. The van der Waals surface area contributed by atoms with Crippen LogP contribution >= 0.6 is 0 Å². The zero-order valence-corrected chi connectivity index (χ0v) is 33.0. The summed E-state index contributed by atoms with van der Waals surface area (Å²) in [6.07, 6.45) is 8.05. The van der Waals surface area contributed by atoms with E-state index < -0.39 is 23.9 Å². The average Bonchev–Trinajstić information content (AvgIpc) is 4.11. The first kappa shape index (κ1) is 45.6. The normalized spacial score (nSPS) is 10.2. The molecule has 2 aliphatic rings. The number of H-pyrrole nitrogens is 2. The summed E-state index contributed by atoms with van der Waals surface area (Å²) < 4.78 is 0. The van der Waals surface area contributed by atoms with Gasteiger partial charge in [-0.15, -0.1) is 121 Å². The Morgan fingerprint density at radius 1 is 0.377 bits per heavy atom. The number of carbonyl (C=O) groups is 4. The van der Waals surface area contributed by atoms with Crippen LogP contribution in [-0.4, -0.2) is 64.2 Å². The molecule has 0 aliphatic carbocycles. The van der Waals surface area contributed by atoms with Crippen molar-refractivity contribution in [3.8, 4) is 0 Å². The van der Waals surface area contributed by atoms with Crippen LogP contribution in [0, 0.1) is 24.3 Å². The molecule has 0 saturated carbocycles. The van der Waals surface area contributed by atoms with E-state index in [1.807, 2.05) is 42.5 Å². The third-order valence-electron chi connectivity index (χ3n) is 7.80. The predicted molar refractivity (Wildman–Crippen MR) is 228 cm³/mol. The van der Waals surface area contributed by atoms with Crippen molar-refractivity contribution in [1.29, 1.82) is 0 Å². The third kappa shape index (κ3) is 15.3. The molecule has 9 rings (SSSR count). The molecule has 6 N–H and O–H groups in total. The zero-order chi connectivity index (χ0) is 42.7. The van der Waals surface area contributed by atoms with Gasteiger partial charge in [0.2, 0.25) is 23.9 Å². The smallest absolute Gasteiger partial charge is 0.247 e. The van der Waals surface area contributed by atoms with E-state index in [0.29, 0.717) is 0 Å². The molecule has 1 radical (unpaired) electrons. The Bertz CT molecular complexity index is 2480. The summed E-state index contributed by atoms with van der Waals surface area (Å²) in [6.45, 7) is 0. The number of benzene rings is 4. The van der Waals surface area contributed by atoms with Crippen LogP contribution in [0.4, 0.5) is 0 Å². The molecule has 13 heteroatoms. The number of aromatic carboxylic acids is 4. The fourth-order valence-electron chi connectivity index (χ4n) is 5.05. The van der Waals surface area contributed by atoms with Crippen molar-refractivity contribution in [3.63, 3.8) is 0 Å². The number of hydrogen-bond donors (Lipinski definition) is 6. The molecule has 0 unspecified atom stereocenters. The van der Waals surface area contributed by atoms with Crippen molar-refractivity contribution in [2.45, 2.75) is 0 Å². The van der Waals surface area contributed by atoms with Gasteiger partial charge in [0, 0.05) is 39.1 Å². The van der Waals surface area contributed by atoms with Crippen LogP contribution in [0.1, 0.15) is 64.2 Å². The van der Waals surface area contributed by atoms with Crippen LogP contribution < -0.4 is 0 Å². The summed E-state index contributed by atoms with van der Waals surface area (Å²) in [4.78, 5) is 56.7. The number of aromatic nitrogens is 4. The van der Waals surface area contributed by atoms with E-state index in [2.05, 4.69) is 74.5 Å². The minimum absolute atomic E-state index is 0. The summed E-state index contributed by atoms with van der Waals surface area (Å²) in [7, 11) is 0. The molecular weight excluding hydrogens is 815 g/mol. The van der Waals surface area contributed by atoms with E-state index in [1.54, 1.807) is 72.8 Å². The van der Waals surface area contributed by atoms with Crippen LogP contribution in [-0.2, 0) is 17.1 Å². The number of nitrogens with one attached hydrogen (secondary N) is 2. The summed E-state index contributed by atoms with van der Waals surface area (Å²) in [6, 6.07) is 52.6.